The lowest BCUT2D eigenvalue weighted by molar-refractivity contribution is -0.128. The zero-order valence-electron chi connectivity index (χ0n) is 12.6. The van der Waals surface area contributed by atoms with Crippen molar-refractivity contribution in [1.82, 2.24) is 9.80 Å². The van der Waals surface area contributed by atoms with Crippen LogP contribution in [0.25, 0.3) is 0 Å². The van der Waals surface area contributed by atoms with Gasteiger partial charge in [0.25, 0.3) is 0 Å². The smallest absolute Gasteiger partial charge is 0.223 e. The summed E-state index contributed by atoms with van der Waals surface area (Å²) in [4.78, 5) is 16.8. The van der Waals surface area contributed by atoms with Crippen molar-refractivity contribution in [3.05, 3.63) is 12.7 Å². The molecule has 20 heavy (non-hydrogen) atoms. The summed E-state index contributed by atoms with van der Waals surface area (Å²) in [6, 6.07) is 0.841. The Balaban J connectivity index is 1.52. The van der Waals surface area contributed by atoms with Gasteiger partial charge in [0.05, 0.1) is 0 Å². The number of piperidine rings is 1. The van der Waals surface area contributed by atoms with Gasteiger partial charge in [0.15, 0.2) is 0 Å². The summed E-state index contributed by atoms with van der Waals surface area (Å²) >= 11 is 0. The number of likely N-dealkylation sites (tertiary alicyclic amines) is 2. The molecule has 1 saturated carbocycles. The van der Waals surface area contributed by atoms with Crippen molar-refractivity contribution in [3.63, 3.8) is 0 Å². The molecular formula is C17H28N2O. The van der Waals surface area contributed by atoms with Gasteiger partial charge in [0.2, 0.25) is 5.91 Å². The van der Waals surface area contributed by atoms with E-state index >= 15 is 0 Å². The lowest BCUT2D eigenvalue weighted by Crippen LogP contribution is -2.45. The molecule has 2 heterocycles. The zero-order valence-corrected chi connectivity index (χ0v) is 12.6. The molecule has 2 unspecified atom stereocenters. The van der Waals surface area contributed by atoms with Gasteiger partial charge in [-0.25, -0.2) is 0 Å². The molecule has 3 rings (SSSR count). The lowest BCUT2D eigenvalue weighted by Gasteiger charge is -2.38. The number of hydrogen-bond acceptors (Lipinski definition) is 2. The molecule has 2 atom stereocenters. The highest BCUT2D eigenvalue weighted by Crippen LogP contribution is 2.29. The van der Waals surface area contributed by atoms with Crippen molar-refractivity contribution in [2.75, 3.05) is 26.2 Å². The monoisotopic (exact) mass is 276 g/mol. The quantitative estimate of drug-likeness (QED) is 0.737. The molecule has 3 fully saturated rings. The van der Waals surface area contributed by atoms with Crippen LogP contribution in [-0.4, -0.2) is 47.9 Å². The summed E-state index contributed by atoms with van der Waals surface area (Å²) in [5.74, 6) is 1.42. The maximum atomic E-state index is 12.0. The van der Waals surface area contributed by atoms with E-state index in [1.807, 2.05) is 6.08 Å². The molecule has 1 aliphatic carbocycles. The largest absolute Gasteiger partial charge is 0.342 e. The van der Waals surface area contributed by atoms with Crippen LogP contribution in [0.5, 0.6) is 0 Å². The Hall–Kier alpha value is -0.830. The van der Waals surface area contributed by atoms with Gasteiger partial charge in [0, 0.05) is 38.0 Å². The van der Waals surface area contributed by atoms with Crippen LogP contribution in [0, 0.1) is 11.8 Å². The average molecular weight is 276 g/mol. The van der Waals surface area contributed by atoms with Crippen molar-refractivity contribution in [1.29, 1.82) is 0 Å². The van der Waals surface area contributed by atoms with Crippen LogP contribution in [0.1, 0.15) is 44.9 Å². The molecule has 112 valence electrons. The van der Waals surface area contributed by atoms with Crippen LogP contribution in [0.2, 0.25) is 0 Å². The second kappa shape index (κ2) is 6.30. The molecule has 3 aliphatic rings. The summed E-state index contributed by atoms with van der Waals surface area (Å²) in [6.45, 7) is 8.22. The van der Waals surface area contributed by atoms with E-state index < -0.39 is 0 Å². The minimum absolute atomic E-state index is 0.341. The first-order valence-corrected chi connectivity index (χ1v) is 8.40. The van der Waals surface area contributed by atoms with Crippen molar-refractivity contribution in [2.45, 2.75) is 51.0 Å². The van der Waals surface area contributed by atoms with E-state index in [-0.39, 0.29) is 0 Å². The van der Waals surface area contributed by atoms with Gasteiger partial charge >= 0.3 is 0 Å². The van der Waals surface area contributed by atoms with Gasteiger partial charge in [0.1, 0.15) is 0 Å². The molecule has 3 nitrogen and oxygen atoms in total. The number of amides is 1. The van der Waals surface area contributed by atoms with E-state index in [1.54, 1.807) is 0 Å². The van der Waals surface area contributed by atoms with E-state index in [4.69, 9.17) is 0 Å². The molecular weight excluding hydrogens is 248 g/mol. The standard InChI is InChI=1S/C17H28N2O/c1-2-14-10-17(20)19(11-14)13-15-6-5-9-18(12-15)16-7-3-4-8-16/h2,14-16H,1,3-13H2. The second-order valence-electron chi connectivity index (χ2n) is 6.94. The van der Waals surface area contributed by atoms with E-state index in [2.05, 4.69) is 16.4 Å². The Morgan fingerprint density at radius 2 is 1.95 bits per heavy atom. The van der Waals surface area contributed by atoms with Gasteiger partial charge in [-0.1, -0.05) is 18.9 Å². The average Bonchev–Trinajstić information content (AvgIpc) is 3.10. The number of rotatable bonds is 4. The molecule has 0 aromatic rings. The highest BCUT2D eigenvalue weighted by Gasteiger charge is 2.32. The van der Waals surface area contributed by atoms with Gasteiger partial charge in [-0.05, 0) is 38.1 Å². The number of nitrogens with zero attached hydrogens (tertiary/aromatic N) is 2. The molecule has 2 saturated heterocycles. The van der Waals surface area contributed by atoms with Crippen LogP contribution in [-0.2, 0) is 4.79 Å². The van der Waals surface area contributed by atoms with Crippen molar-refractivity contribution < 1.29 is 4.79 Å². The topological polar surface area (TPSA) is 23.6 Å². The number of carbonyl (C=O) groups excluding carboxylic acids is 1. The highest BCUT2D eigenvalue weighted by molar-refractivity contribution is 5.79. The molecule has 0 spiro atoms. The minimum atomic E-state index is 0.341. The van der Waals surface area contributed by atoms with Gasteiger partial charge in [-0.2, -0.15) is 0 Å². The van der Waals surface area contributed by atoms with Gasteiger partial charge < -0.3 is 9.80 Å². The van der Waals surface area contributed by atoms with Crippen molar-refractivity contribution in [2.24, 2.45) is 11.8 Å². The van der Waals surface area contributed by atoms with Gasteiger partial charge in [-0.3, -0.25) is 4.79 Å². The Kier molecular flexibility index (Phi) is 4.45. The Morgan fingerprint density at radius 1 is 1.15 bits per heavy atom. The zero-order chi connectivity index (χ0) is 13.9. The van der Waals surface area contributed by atoms with Crippen LogP contribution in [0.15, 0.2) is 12.7 Å². The molecule has 0 N–H and O–H groups in total. The Morgan fingerprint density at radius 3 is 2.65 bits per heavy atom. The predicted molar refractivity (Wildman–Crippen MR) is 81.4 cm³/mol. The van der Waals surface area contributed by atoms with Crippen LogP contribution < -0.4 is 0 Å². The molecule has 0 aromatic heterocycles. The van der Waals surface area contributed by atoms with E-state index in [9.17, 15) is 4.79 Å². The third-order valence-electron chi connectivity index (χ3n) is 5.45. The second-order valence-corrected chi connectivity index (χ2v) is 6.94. The molecule has 2 aliphatic heterocycles. The summed E-state index contributed by atoms with van der Waals surface area (Å²) in [7, 11) is 0. The predicted octanol–water partition coefficient (Wildman–Crippen LogP) is 2.68. The third-order valence-corrected chi connectivity index (χ3v) is 5.45. The Bertz CT molecular complexity index is 362. The first-order chi connectivity index (χ1) is 9.76. The summed E-state index contributed by atoms with van der Waals surface area (Å²) in [5, 5.41) is 0. The fourth-order valence-corrected chi connectivity index (χ4v) is 4.30. The maximum absolute atomic E-state index is 12.0. The normalized spacial score (nSPS) is 33.0. The third kappa shape index (κ3) is 3.08. The lowest BCUT2D eigenvalue weighted by atomic mass is 9.95. The number of carbonyl (C=O) groups is 1. The molecule has 1 amide bonds. The van der Waals surface area contributed by atoms with Crippen molar-refractivity contribution >= 4 is 5.91 Å². The van der Waals surface area contributed by atoms with Gasteiger partial charge in [-0.15, -0.1) is 6.58 Å². The fourth-order valence-electron chi connectivity index (χ4n) is 4.30. The first-order valence-electron chi connectivity index (χ1n) is 8.40. The summed E-state index contributed by atoms with van der Waals surface area (Å²) < 4.78 is 0. The van der Waals surface area contributed by atoms with E-state index in [1.165, 1.54) is 51.6 Å². The summed E-state index contributed by atoms with van der Waals surface area (Å²) in [5.41, 5.74) is 0. The molecule has 0 bridgehead atoms. The maximum Gasteiger partial charge on any atom is 0.223 e. The van der Waals surface area contributed by atoms with Crippen molar-refractivity contribution in [3.8, 4) is 0 Å². The minimum Gasteiger partial charge on any atom is -0.342 e. The summed E-state index contributed by atoms with van der Waals surface area (Å²) in [6.07, 6.45) is 10.9. The van der Waals surface area contributed by atoms with Crippen LogP contribution in [0.4, 0.5) is 0 Å². The SMILES string of the molecule is C=CC1CC(=O)N(CC2CCCN(C3CCCC3)C2)C1. The number of hydrogen-bond donors (Lipinski definition) is 0. The van der Waals surface area contributed by atoms with Crippen LogP contribution in [0.3, 0.4) is 0 Å². The Labute approximate surface area is 123 Å². The molecule has 0 radical (unpaired) electrons. The molecule has 0 aromatic carbocycles. The van der Waals surface area contributed by atoms with Crippen LogP contribution >= 0.6 is 0 Å². The van der Waals surface area contributed by atoms with E-state index in [0.717, 1.165) is 19.1 Å². The highest BCUT2D eigenvalue weighted by atomic mass is 16.2. The first kappa shape index (κ1) is 14.1. The van der Waals surface area contributed by atoms with E-state index in [0.29, 0.717) is 24.2 Å². The molecule has 3 heteroatoms. The fraction of sp³-hybridized carbons (Fsp3) is 0.824.